The Morgan fingerprint density at radius 1 is 1.35 bits per heavy atom. The molecule has 0 atom stereocenters. The smallest absolute Gasteiger partial charge is 0.137 e. The molecule has 0 amide bonds. The van der Waals surface area contributed by atoms with Crippen molar-refractivity contribution in [2.24, 2.45) is 0 Å². The highest BCUT2D eigenvalue weighted by atomic mass is 35.5. The minimum Gasteiger partial charge on any atom is -0.492 e. The van der Waals surface area contributed by atoms with Gasteiger partial charge in [0.05, 0.1) is 18.8 Å². The van der Waals surface area contributed by atoms with Gasteiger partial charge in [0.25, 0.3) is 0 Å². The van der Waals surface area contributed by atoms with Crippen LogP contribution in [0.5, 0.6) is 5.75 Å². The Kier molecular flexibility index (Phi) is 6.42. The van der Waals surface area contributed by atoms with Crippen LogP contribution in [0.3, 0.4) is 0 Å². The molecule has 1 rings (SSSR count). The van der Waals surface area contributed by atoms with Gasteiger partial charge in [0.2, 0.25) is 0 Å². The fraction of sp³-hybridized carbons (Fsp3) is 0.385. The number of ether oxygens (including phenoxy) is 1. The zero-order valence-electron chi connectivity index (χ0n) is 9.31. The van der Waals surface area contributed by atoms with Gasteiger partial charge in [0.15, 0.2) is 0 Å². The van der Waals surface area contributed by atoms with Gasteiger partial charge in [-0.05, 0) is 12.1 Å². The third kappa shape index (κ3) is 5.06. The van der Waals surface area contributed by atoms with Crippen LogP contribution >= 0.6 is 11.6 Å². The normalized spacial score (nSPS) is 9.59. The van der Waals surface area contributed by atoms with E-state index in [0.717, 1.165) is 0 Å². The highest BCUT2D eigenvalue weighted by Gasteiger charge is 2.03. The molecule has 0 spiro atoms. The Balaban J connectivity index is 2.77. The summed E-state index contributed by atoms with van der Waals surface area (Å²) in [5.74, 6) is 6.09. The van der Waals surface area contributed by atoms with Crippen molar-refractivity contribution < 1.29 is 13.5 Å². The van der Waals surface area contributed by atoms with Gasteiger partial charge in [-0.3, -0.25) is 4.39 Å². The molecule has 0 aliphatic rings. The highest BCUT2D eigenvalue weighted by molar-refractivity contribution is 6.18. The summed E-state index contributed by atoms with van der Waals surface area (Å²) in [5.41, 5.74) is 0.593. The van der Waals surface area contributed by atoms with Crippen LogP contribution in [0.1, 0.15) is 18.4 Å². The second-order valence-electron chi connectivity index (χ2n) is 3.27. The van der Waals surface area contributed by atoms with E-state index in [0.29, 0.717) is 23.6 Å². The summed E-state index contributed by atoms with van der Waals surface area (Å²) in [6.45, 7) is -0.243. The van der Waals surface area contributed by atoms with E-state index in [1.807, 2.05) is 0 Å². The third-order valence-corrected chi connectivity index (χ3v) is 2.11. The summed E-state index contributed by atoms with van der Waals surface area (Å²) in [4.78, 5) is 0. The summed E-state index contributed by atoms with van der Waals surface area (Å²) in [6.07, 6.45) is 0.841. The first-order valence-corrected chi connectivity index (χ1v) is 5.84. The van der Waals surface area contributed by atoms with Gasteiger partial charge >= 0.3 is 0 Å². The van der Waals surface area contributed by atoms with Crippen LogP contribution in [-0.2, 0) is 0 Å². The minimum absolute atomic E-state index is 0.212. The zero-order chi connectivity index (χ0) is 12.5. The van der Waals surface area contributed by atoms with Gasteiger partial charge in [-0.25, -0.2) is 4.39 Å². The quantitative estimate of drug-likeness (QED) is 0.446. The van der Waals surface area contributed by atoms with Gasteiger partial charge in [-0.15, -0.1) is 11.6 Å². The molecule has 0 saturated heterocycles. The van der Waals surface area contributed by atoms with Crippen molar-refractivity contribution in [1.29, 1.82) is 0 Å². The first kappa shape index (κ1) is 13.8. The summed E-state index contributed by atoms with van der Waals surface area (Å²) >= 11 is 5.50. The van der Waals surface area contributed by atoms with E-state index in [4.69, 9.17) is 16.3 Å². The van der Waals surface area contributed by atoms with Crippen molar-refractivity contribution >= 4 is 11.6 Å². The average Bonchev–Trinajstić information content (AvgIpc) is 2.32. The Morgan fingerprint density at radius 2 is 2.18 bits per heavy atom. The maximum Gasteiger partial charge on any atom is 0.137 e. The monoisotopic (exact) mass is 258 g/mol. The van der Waals surface area contributed by atoms with E-state index in [1.165, 1.54) is 12.1 Å². The van der Waals surface area contributed by atoms with E-state index >= 15 is 0 Å². The SMILES string of the molecule is FCCCOc1cc(F)ccc1C#CCCCl. The molecule has 4 heteroatoms. The zero-order valence-corrected chi connectivity index (χ0v) is 10.1. The van der Waals surface area contributed by atoms with Gasteiger partial charge in [-0.2, -0.15) is 0 Å². The maximum atomic E-state index is 13.0. The summed E-state index contributed by atoms with van der Waals surface area (Å²) < 4.78 is 30.2. The second kappa shape index (κ2) is 7.92. The van der Waals surface area contributed by atoms with Gasteiger partial charge in [0, 0.05) is 24.8 Å². The van der Waals surface area contributed by atoms with Crippen LogP contribution in [0.15, 0.2) is 18.2 Å². The molecule has 0 aromatic heterocycles. The predicted octanol–water partition coefficient (Wildman–Crippen LogP) is 3.54. The molecule has 0 aliphatic heterocycles. The van der Waals surface area contributed by atoms with Crippen LogP contribution in [0.4, 0.5) is 8.78 Å². The fourth-order valence-electron chi connectivity index (χ4n) is 1.16. The Hall–Kier alpha value is -1.27. The second-order valence-corrected chi connectivity index (χ2v) is 3.65. The number of hydrogen-bond acceptors (Lipinski definition) is 1. The summed E-state index contributed by atoms with van der Waals surface area (Å²) in [7, 11) is 0. The lowest BCUT2D eigenvalue weighted by molar-refractivity contribution is 0.288. The molecular formula is C13H13ClF2O. The molecule has 0 fully saturated rings. The Morgan fingerprint density at radius 3 is 2.88 bits per heavy atom. The standard InChI is InChI=1S/C13H13ClF2O/c14-7-2-1-4-11-5-6-12(16)10-13(11)17-9-3-8-15/h5-6,10H,2-3,7-9H2. The molecule has 1 nitrogen and oxygen atoms in total. The molecule has 1 aromatic rings. The van der Waals surface area contributed by atoms with Crippen LogP contribution in [0.25, 0.3) is 0 Å². The van der Waals surface area contributed by atoms with Crippen molar-refractivity contribution in [3.05, 3.63) is 29.6 Å². The number of alkyl halides is 2. The lowest BCUT2D eigenvalue weighted by atomic mass is 10.2. The number of hydrogen-bond donors (Lipinski definition) is 0. The largest absolute Gasteiger partial charge is 0.492 e. The van der Waals surface area contributed by atoms with Crippen molar-refractivity contribution in [1.82, 2.24) is 0 Å². The molecule has 0 heterocycles. The maximum absolute atomic E-state index is 13.0. The Labute approximate surface area is 105 Å². The lowest BCUT2D eigenvalue weighted by Crippen LogP contribution is -2.00. The van der Waals surface area contributed by atoms with E-state index in [-0.39, 0.29) is 13.0 Å². The van der Waals surface area contributed by atoms with E-state index in [1.54, 1.807) is 6.07 Å². The van der Waals surface area contributed by atoms with Gasteiger partial charge in [0.1, 0.15) is 11.6 Å². The predicted molar refractivity (Wildman–Crippen MR) is 64.7 cm³/mol. The van der Waals surface area contributed by atoms with Crippen LogP contribution in [-0.4, -0.2) is 19.2 Å². The molecule has 0 aliphatic carbocycles. The van der Waals surface area contributed by atoms with Crippen molar-refractivity contribution in [3.63, 3.8) is 0 Å². The Bertz CT molecular complexity index is 410. The molecule has 0 N–H and O–H groups in total. The molecule has 0 saturated carbocycles. The molecular weight excluding hydrogens is 246 g/mol. The first-order chi connectivity index (χ1) is 8.27. The number of benzene rings is 1. The molecule has 92 valence electrons. The summed E-state index contributed by atoms with van der Waals surface area (Å²) in [5, 5.41) is 0. The lowest BCUT2D eigenvalue weighted by Gasteiger charge is -2.07. The summed E-state index contributed by atoms with van der Waals surface area (Å²) in [6, 6.07) is 4.11. The molecule has 1 aromatic carbocycles. The molecule has 0 radical (unpaired) electrons. The molecule has 17 heavy (non-hydrogen) atoms. The molecule has 0 bridgehead atoms. The van der Waals surface area contributed by atoms with Gasteiger partial charge in [-0.1, -0.05) is 11.8 Å². The highest BCUT2D eigenvalue weighted by Crippen LogP contribution is 2.19. The molecule has 0 unspecified atom stereocenters. The topological polar surface area (TPSA) is 9.23 Å². The van der Waals surface area contributed by atoms with Crippen LogP contribution < -0.4 is 4.74 Å². The van der Waals surface area contributed by atoms with Crippen molar-refractivity contribution in [3.8, 4) is 17.6 Å². The average molecular weight is 259 g/mol. The van der Waals surface area contributed by atoms with Crippen LogP contribution in [0.2, 0.25) is 0 Å². The van der Waals surface area contributed by atoms with Crippen LogP contribution in [0, 0.1) is 17.7 Å². The minimum atomic E-state index is -0.456. The third-order valence-electron chi connectivity index (χ3n) is 1.92. The number of halogens is 3. The van der Waals surface area contributed by atoms with E-state index in [2.05, 4.69) is 11.8 Å². The van der Waals surface area contributed by atoms with Crippen molar-refractivity contribution in [2.75, 3.05) is 19.2 Å². The number of rotatable bonds is 5. The van der Waals surface area contributed by atoms with E-state index < -0.39 is 12.5 Å². The van der Waals surface area contributed by atoms with E-state index in [9.17, 15) is 8.78 Å². The van der Waals surface area contributed by atoms with Crippen molar-refractivity contribution in [2.45, 2.75) is 12.8 Å². The fourth-order valence-corrected chi connectivity index (χ4v) is 1.26. The first-order valence-electron chi connectivity index (χ1n) is 5.31. The van der Waals surface area contributed by atoms with Gasteiger partial charge < -0.3 is 4.74 Å².